The predicted octanol–water partition coefficient (Wildman–Crippen LogP) is 3.55. The maximum atomic E-state index is 13.2. The second-order valence-electron chi connectivity index (χ2n) is 7.28. The second-order valence-corrected chi connectivity index (χ2v) is 7.28. The third kappa shape index (κ3) is 4.62. The summed E-state index contributed by atoms with van der Waals surface area (Å²) < 4.78 is 10.3. The van der Waals surface area contributed by atoms with Gasteiger partial charge < -0.3 is 14.6 Å². The van der Waals surface area contributed by atoms with Gasteiger partial charge in [-0.2, -0.15) is 0 Å². The Hall–Kier alpha value is -3.35. The molecule has 7 nitrogen and oxygen atoms in total. The number of aromatic carboxylic acids is 1. The Morgan fingerprint density at radius 3 is 2.57 bits per heavy atom. The lowest BCUT2D eigenvalue weighted by molar-refractivity contribution is -0.133. The van der Waals surface area contributed by atoms with E-state index in [1.807, 2.05) is 37.3 Å². The van der Waals surface area contributed by atoms with Crippen LogP contribution in [0.25, 0.3) is 0 Å². The largest absolute Gasteiger partial charge is 0.496 e. The number of carboxylic acids is 1. The van der Waals surface area contributed by atoms with Gasteiger partial charge in [0.1, 0.15) is 17.9 Å². The van der Waals surface area contributed by atoms with E-state index in [-0.39, 0.29) is 29.9 Å². The van der Waals surface area contributed by atoms with Crippen LogP contribution in [0.3, 0.4) is 0 Å². The lowest BCUT2D eigenvalue weighted by Gasteiger charge is -2.24. The first-order valence-electron chi connectivity index (χ1n) is 9.88. The first kappa shape index (κ1) is 21.4. The normalized spacial score (nSPS) is 16.8. The zero-order valence-corrected chi connectivity index (χ0v) is 17.0. The topological polar surface area (TPSA) is 93.1 Å². The molecule has 0 bridgehead atoms. The molecule has 0 saturated carbocycles. The lowest BCUT2D eigenvalue weighted by Crippen LogP contribution is -2.44. The van der Waals surface area contributed by atoms with E-state index >= 15 is 0 Å². The molecule has 2 atom stereocenters. The predicted molar refractivity (Wildman–Crippen MR) is 110 cm³/mol. The number of hydrogen-bond acceptors (Lipinski definition) is 5. The molecular weight excluding hydrogens is 386 g/mol. The summed E-state index contributed by atoms with van der Waals surface area (Å²) in [5.41, 5.74) is 1.76. The Morgan fingerprint density at radius 1 is 1.20 bits per heavy atom. The van der Waals surface area contributed by atoms with E-state index in [2.05, 4.69) is 0 Å². The summed E-state index contributed by atoms with van der Waals surface area (Å²) in [4.78, 5) is 38.2. The van der Waals surface area contributed by atoms with E-state index in [0.717, 1.165) is 5.56 Å². The van der Waals surface area contributed by atoms with Crippen molar-refractivity contribution in [2.75, 3.05) is 13.7 Å². The number of carbonyl (C=O) groups is 3. The molecule has 2 aromatic carbocycles. The number of benzene rings is 2. The molecule has 1 saturated heterocycles. The average molecular weight is 411 g/mol. The van der Waals surface area contributed by atoms with Gasteiger partial charge in [0.25, 0.3) is 0 Å². The van der Waals surface area contributed by atoms with E-state index < -0.39 is 18.0 Å². The zero-order chi connectivity index (χ0) is 21.7. The molecule has 2 amide bonds. The molecule has 3 rings (SSSR count). The number of carbonyl (C=O) groups excluding carboxylic acids is 2. The van der Waals surface area contributed by atoms with Crippen LogP contribution in [0.2, 0.25) is 0 Å². The average Bonchev–Trinajstić information content (AvgIpc) is 3.11. The quantitative estimate of drug-likeness (QED) is 0.714. The zero-order valence-electron chi connectivity index (χ0n) is 17.0. The van der Waals surface area contributed by atoms with E-state index in [9.17, 15) is 19.5 Å². The molecule has 158 valence electrons. The maximum Gasteiger partial charge on any atom is 0.416 e. The number of carboxylic acid groups (broad SMARTS) is 1. The summed E-state index contributed by atoms with van der Waals surface area (Å²) in [5.74, 6) is -1.60. The van der Waals surface area contributed by atoms with E-state index in [1.54, 1.807) is 12.1 Å². The van der Waals surface area contributed by atoms with Crippen molar-refractivity contribution >= 4 is 18.0 Å². The molecule has 0 aliphatic carbocycles. The van der Waals surface area contributed by atoms with Crippen molar-refractivity contribution in [3.05, 3.63) is 65.2 Å². The van der Waals surface area contributed by atoms with Crippen molar-refractivity contribution < 1.29 is 29.0 Å². The van der Waals surface area contributed by atoms with Gasteiger partial charge in [0.15, 0.2) is 0 Å². The Kier molecular flexibility index (Phi) is 6.72. The van der Waals surface area contributed by atoms with Gasteiger partial charge >= 0.3 is 12.1 Å². The van der Waals surface area contributed by atoms with Crippen LogP contribution in [0.4, 0.5) is 4.79 Å². The number of hydrogen-bond donors (Lipinski definition) is 1. The van der Waals surface area contributed by atoms with Crippen molar-refractivity contribution in [1.29, 1.82) is 0 Å². The summed E-state index contributed by atoms with van der Waals surface area (Å²) in [6.07, 6.45) is 0.733. The van der Waals surface area contributed by atoms with Gasteiger partial charge in [0.2, 0.25) is 5.91 Å². The monoisotopic (exact) mass is 411 g/mol. The van der Waals surface area contributed by atoms with Crippen molar-refractivity contribution in [3.8, 4) is 5.75 Å². The fourth-order valence-electron chi connectivity index (χ4n) is 3.70. The summed E-state index contributed by atoms with van der Waals surface area (Å²) in [5, 5.41) is 9.39. The van der Waals surface area contributed by atoms with Crippen molar-refractivity contribution in [3.63, 3.8) is 0 Å². The van der Waals surface area contributed by atoms with Crippen LogP contribution in [0.15, 0.2) is 48.5 Å². The molecule has 1 aliphatic rings. The highest BCUT2D eigenvalue weighted by molar-refractivity contribution is 5.95. The minimum Gasteiger partial charge on any atom is -0.496 e. The van der Waals surface area contributed by atoms with Crippen molar-refractivity contribution in [1.82, 2.24) is 4.90 Å². The third-order valence-corrected chi connectivity index (χ3v) is 5.33. The molecular formula is C23H25NO6. The maximum absolute atomic E-state index is 13.2. The Morgan fingerprint density at radius 2 is 1.93 bits per heavy atom. The Balaban J connectivity index is 1.78. The fourth-order valence-corrected chi connectivity index (χ4v) is 3.70. The van der Waals surface area contributed by atoms with Gasteiger partial charge in [-0.1, -0.05) is 43.3 Å². The van der Waals surface area contributed by atoms with E-state index in [4.69, 9.17) is 9.47 Å². The van der Waals surface area contributed by atoms with Crippen LogP contribution >= 0.6 is 0 Å². The summed E-state index contributed by atoms with van der Waals surface area (Å²) >= 11 is 0. The van der Waals surface area contributed by atoms with Gasteiger partial charge in [-0.3, -0.25) is 4.79 Å². The number of nitrogens with zero attached hydrogens (tertiary/aromatic N) is 1. The first-order valence-corrected chi connectivity index (χ1v) is 9.88. The third-order valence-electron chi connectivity index (χ3n) is 5.33. The number of amides is 2. The number of cyclic esters (lactones) is 1. The number of ether oxygens (including phenoxy) is 2. The Labute approximate surface area is 175 Å². The minimum absolute atomic E-state index is 0.0415. The first-order chi connectivity index (χ1) is 14.4. The fraction of sp³-hybridized carbons (Fsp3) is 0.348. The van der Waals surface area contributed by atoms with Crippen LogP contribution in [-0.2, 0) is 22.4 Å². The molecule has 1 aliphatic heterocycles. The lowest BCUT2D eigenvalue weighted by atomic mass is 9.93. The standard InChI is InChI=1S/C23H25NO6/c1-3-17(11-16-9-10-20(29-2)19(13-16)22(26)27)21(25)24-18(14-30-23(24)28)12-15-7-5-4-6-8-15/h4-10,13,17-18H,3,11-12,14H2,1-2H3,(H,26,27)/t17-,18-/m0/s1. The highest BCUT2D eigenvalue weighted by Gasteiger charge is 2.40. The van der Waals surface area contributed by atoms with Gasteiger partial charge in [-0.15, -0.1) is 0 Å². The molecule has 0 spiro atoms. The summed E-state index contributed by atoms with van der Waals surface area (Å²) in [6.45, 7) is 2.04. The van der Waals surface area contributed by atoms with Crippen LogP contribution in [-0.4, -0.2) is 47.7 Å². The van der Waals surface area contributed by atoms with Crippen LogP contribution in [0.1, 0.15) is 34.8 Å². The molecule has 0 unspecified atom stereocenters. The Bertz CT molecular complexity index is 927. The van der Waals surface area contributed by atoms with Crippen molar-refractivity contribution in [2.24, 2.45) is 5.92 Å². The van der Waals surface area contributed by atoms with Gasteiger partial charge in [0.05, 0.1) is 13.2 Å². The smallest absolute Gasteiger partial charge is 0.416 e. The molecule has 7 heteroatoms. The highest BCUT2D eigenvalue weighted by atomic mass is 16.6. The molecule has 0 radical (unpaired) electrons. The van der Waals surface area contributed by atoms with Crippen molar-refractivity contribution in [2.45, 2.75) is 32.2 Å². The number of imide groups is 1. The number of methoxy groups -OCH3 is 1. The summed E-state index contributed by atoms with van der Waals surface area (Å²) in [7, 11) is 1.41. The molecule has 2 aromatic rings. The molecule has 0 aromatic heterocycles. The molecule has 30 heavy (non-hydrogen) atoms. The number of rotatable bonds is 8. The molecule has 1 N–H and O–H groups in total. The van der Waals surface area contributed by atoms with Crippen LogP contribution in [0, 0.1) is 5.92 Å². The van der Waals surface area contributed by atoms with Crippen LogP contribution < -0.4 is 4.74 Å². The van der Waals surface area contributed by atoms with E-state index in [0.29, 0.717) is 24.8 Å². The second kappa shape index (κ2) is 9.43. The SMILES string of the molecule is CC[C@@H](Cc1ccc(OC)c(C(=O)O)c1)C(=O)N1C(=O)OC[C@@H]1Cc1ccccc1. The van der Waals surface area contributed by atoms with Gasteiger partial charge in [0, 0.05) is 5.92 Å². The summed E-state index contributed by atoms with van der Waals surface area (Å²) in [6, 6.07) is 14.1. The van der Waals surface area contributed by atoms with Gasteiger partial charge in [-0.25, -0.2) is 14.5 Å². The van der Waals surface area contributed by atoms with Crippen LogP contribution in [0.5, 0.6) is 5.75 Å². The minimum atomic E-state index is -1.10. The highest BCUT2D eigenvalue weighted by Crippen LogP contribution is 2.26. The van der Waals surface area contributed by atoms with E-state index in [1.165, 1.54) is 18.1 Å². The molecule has 1 fully saturated rings. The van der Waals surface area contributed by atoms with Gasteiger partial charge in [-0.05, 0) is 42.5 Å². The molecule has 1 heterocycles.